The van der Waals surface area contributed by atoms with Crippen LogP contribution in [0, 0.1) is 25.1 Å². The largest absolute Gasteiger partial charge is 0.497 e. The predicted octanol–water partition coefficient (Wildman–Crippen LogP) is 4.50. The maximum absolute atomic E-state index is 13.8. The van der Waals surface area contributed by atoms with E-state index < -0.39 is 15.4 Å². The Bertz CT molecular complexity index is 1620. The first-order valence-corrected chi connectivity index (χ1v) is 16.5. The quantitative estimate of drug-likeness (QED) is 0.362. The van der Waals surface area contributed by atoms with Gasteiger partial charge >= 0.3 is 6.01 Å². The molecule has 3 aliphatic rings. The molecule has 0 aliphatic carbocycles. The monoisotopic (exact) mass is 623 g/mol. The molecule has 44 heavy (non-hydrogen) atoms. The molecule has 0 radical (unpaired) electrons. The fraction of sp³-hybridized carbons (Fsp3) is 0.469. The van der Waals surface area contributed by atoms with E-state index in [1.807, 2.05) is 6.07 Å². The van der Waals surface area contributed by atoms with Crippen LogP contribution in [0.2, 0.25) is 0 Å². The second kappa shape index (κ2) is 12.0. The average molecular weight is 624 g/mol. The van der Waals surface area contributed by atoms with Gasteiger partial charge in [0.15, 0.2) is 0 Å². The average Bonchev–Trinajstić information content (AvgIpc) is 3.62. The number of sulfonamides is 1. The van der Waals surface area contributed by atoms with E-state index in [9.17, 15) is 17.6 Å². The fourth-order valence-corrected chi connectivity index (χ4v) is 9.00. The van der Waals surface area contributed by atoms with Gasteiger partial charge in [-0.25, -0.2) is 17.8 Å². The predicted molar refractivity (Wildman–Crippen MR) is 164 cm³/mol. The van der Waals surface area contributed by atoms with Gasteiger partial charge in [0, 0.05) is 38.1 Å². The highest BCUT2D eigenvalue weighted by atomic mass is 32.2. The van der Waals surface area contributed by atoms with Crippen molar-refractivity contribution in [2.75, 3.05) is 49.7 Å². The van der Waals surface area contributed by atoms with Crippen molar-refractivity contribution in [3.05, 3.63) is 65.6 Å². The Kier molecular flexibility index (Phi) is 8.23. The van der Waals surface area contributed by atoms with Crippen LogP contribution in [0.25, 0.3) is 0 Å². The third-order valence-corrected chi connectivity index (χ3v) is 11.5. The number of carbonyl (C=O) groups is 1. The Balaban J connectivity index is 1.09. The number of ether oxygens (including phenoxy) is 2. The smallest absolute Gasteiger partial charge is 0.318 e. The van der Waals surface area contributed by atoms with Gasteiger partial charge in [-0.05, 0) is 99.5 Å². The lowest BCUT2D eigenvalue weighted by Gasteiger charge is -2.38. The molecule has 3 aromatic rings. The minimum atomic E-state index is -3.74. The number of methoxy groups -OCH3 is 1. The zero-order chi connectivity index (χ0) is 31.1. The van der Waals surface area contributed by atoms with Gasteiger partial charge in [-0.1, -0.05) is 0 Å². The van der Waals surface area contributed by atoms with E-state index in [2.05, 4.69) is 14.9 Å². The molecule has 12 heteroatoms. The van der Waals surface area contributed by atoms with Crippen molar-refractivity contribution in [3.63, 3.8) is 0 Å². The number of amides is 1. The number of hydrogen-bond donors (Lipinski definition) is 0. The van der Waals surface area contributed by atoms with Gasteiger partial charge in [-0.2, -0.15) is 9.29 Å². The topological polar surface area (TPSA) is 105 Å². The molecule has 0 bridgehead atoms. The summed E-state index contributed by atoms with van der Waals surface area (Å²) in [6.07, 6.45) is 5.24. The first-order valence-electron chi connectivity index (χ1n) is 15.1. The molecule has 1 aromatic heterocycles. The van der Waals surface area contributed by atoms with Gasteiger partial charge in [0.25, 0.3) is 0 Å². The molecule has 4 heterocycles. The van der Waals surface area contributed by atoms with Crippen LogP contribution in [0.1, 0.15) is 43.2 Å². The summed E-state index contributed by atoms with van der Waals surface area (Å²) >= 11 is 0. The maximum Gasteiger partial charge on any atom is 0.318 e. The summed E-state index contributed by atoms with van der Waals surface area (Å²) in [4.78, 5) is 26.6. The van der Waals surface area contributed by atoms with Crippen LogP contribution in [0.3, 0.4) is 0 Å². The molecule has 2 aromatic carbocycles. The lowest BCUT2D eigenvalue weighted by Crippen LogP contribution is -2.45. The number of piperidine rings is 1. The van der Waals surface area contributed by atoms with Crippen molar-refractivity contribution in [1.82, 2.24) is 14.3 Å². The minimum Gasteiger partial charge on any atom is -0.497 e. The number of hydrogen-bond acceptors (Lipinski definition) is 8. The first-order chi connectivity index (χ1) is 21.1. The summed E-state index contributed by atoms with van der Waals surface area (Å²) in [6, 6.07) is 11.3. The van der Waals surface area contributed by atoms with Gasteiger partial charge in [0.1, 0.15) is 24.0 Å². The van der Waals surface area contributed by atoms with Crippen LogP contribution in [0.4, 0.5) is 15.9 Å². The van der Waals surface area contributed by atoms with Crippen LogP contribution >= 0.6 is 0 Å². The van der Waals surface area contributed by atoms with Gasteiger partial charge in [0.05, 0.1) is 23.5 Å². The summed E-state index contributed by atoms with van der Waals surface area (Å²) in [5.41, 5.74) is 1.61. The summed E-state index contributed by atoms with van der Waals surface area (Å²) < 4.78 is 53.7. The number of carbonyl (C=O) groups excluding carboxylic acids is 1. The fourth-order valence-electron chi connectivity index (χ4n) is 6.91. The molecule has 3 aliphatic heterocycles. The summed E-state index contributed by atoms with van der Waals surface area (Å²) in [6.45, 7) is 6.10. The number of aryl methyl sites for hydroxylation is 2. The van der Waals surface area contributed by atoms with Crippen LogP contribution < -0.4 is 19.3 Å². The second-order valence-corrected chi connectivity index (χ2v) is 13.8. The molecule has 234 valence electrons. The van der Waals surface area contributed by atoms with Crippen molar-refractivity contribution < 1.29 is 27.1 Å². The zero-order valence-corrected chi connectivity index (χ0v) is 26.1. The molecule has 1 amide bonds. The van der Waals surface area contributed by atoms with Crippen LogP contribution in [0.5, 0.6) is 11.8 Å². The summed E-state index contributed by atoms with van der Waals surface area (Å²) in [5, 5.41) is 0. The van der Waals surface area contributed by atoms with Gasteiger partial charge in [0.2, 0.25) is 15.9 Å². The number of rotatable bonds is 8. The Morgan fingerprint density at radius 1 is 1.00 bits per heavy atom. The van der Waals surface area contributed by atoms with E-state index in [4.69, 9.17) is 9.47 Å². The van der Waals surface area contributed by atoms with Gasteiger partial charge < -0.3 is 19.3 Å². The number of anilines is 2. The Labute approximate surface area is 257 Å². The van der Waals surface area contributed by atoms with E-state index >= 15 is 0 Å². The molecular weight excluding hydrogens is 585 g/mol. The molecule has 1 atom stereocenters. The van der Waals surface area contributed by atoms with Crippen molar-refractivity contribution >= 4 is 27.4 Å². The van der Waals surface area contributed by atoms with E-state index in [1.54, 1.807) is 56.3 Å². The highest BCUT2D eigenvalue weighted by molar-refractivity contribution is 7.89. The Morgan fingerprint density at radius 2 is 1.68 bits per heavy atom. The maximum atomic E-state index is 13.8. The van der Waals surface area contributed by atoms with E-state index in [-0.39, 0.29) is 30.4 Å². The zero-order valence-electron chi connectivity index (χ0n) is 25.3. The second-order valence-electron chi connectivity index (χ2n) is 12.0. The van der Waals surface area contributed by atoms with E-state index in [1.165, 1.54) is 16.4 Å². The molecule has 3 fully saturated rings. The highest BCUT2D eigenvalue weighted by Gasteiger charge is 2.48. The number of halogens is 1. The SMILES string of the molecule is COc1cc(C)c(S(=O)(=O)N2CCC[C@H]2COc2nccc(N3CCC4(CC3)CCN(c3ccc(F)cc3)C4=O)n2)c(C)c1. The van der Waals surface area contributed by atoms with Crippen LogP contribution in [-0.4, -0.2) is 74.5 Å². The normalized spacial score (nSPS) is 20.5. The molecule has 0 saturated carbocycles. The van der Waals surface area contributed by atoms with Crippen LogP contribution in [0.15, 0.2) is 53.6 Å². The molecule has 3 saturated heterocycles. The molecule has 10 nitrogen and oxygen atoms in total. The Morgan fingerprint density at radius 3 is 2.36 bits per heavy atom. The lowest BCUT2D eigenvalue weighted by atomic mass is 9.77. The highest BCUT2D eigenvalue weighted by Crippen LogP contribution is 2.43. The molecular formula is C32H38FN5O5S. The molecule has 0 N–H and O–H groups in total. The van der Waals surface area contributed by atoms with Crippen molar-refractivity contribution in [2.45, 2.75) is 56.9 Å². The molecule has 1 spiro atoms. The Hall–Kier alpha value is -3.77. The van der Waals surface area contributed by atoms with Crippen LogP contribution in [-0.2, 0) is 14.8 Å². The van der Waals surface area contributed by atoms with Gasteiger partial charge in [-0.3, -0.25) is 4.79 Å². The molecule has 6 rings (SSSR count). The third kappa shape index (κ3) is 5.61. The van der Waals surface area contributed by atoms with E-state index in [0.717, 1.165) is 18.5 Å². The minimum absolute atomic E-state index is 0.103. The lowest BCUT2D eigenvalue weighted by molar-refractivity contribution is -0.126. The van der Waals surface area contributed by atoms with E-state index in [0.29, 0.717) is 73.0 Å². The summed E-state index contributed by atoms with van der Waals surface area (Å²) in [7, 11) is -2.18. The number of benzene rings is 2. The van der Waals surface area contributed by atoms with Crippen molar-refractivity contribution in [3.8, 4) is 11.8 Å². The third-order valence-electron chi connectivity index (χ3n) is 9.28. The van der Waals surface area contributed by atoms with Crippen molar-refractivity contribution in [2.24, 2.45) is 5.41 Å². The molecule has 0 unspecified atom stereocenters. The van der Waals surface area contributed by atoms with Gasteiger partial charge in [-0.15, -0.1) is 0 Å². The first kappa shape index (κ1) is 30.3. The standard InChI is InChI=1S/C32H38FN5O5S/c1-22-19-27(42-3)20-23(2)29(22)44(40,41)38-15-4-5-26(38)21-43-31-34-14-10-28(35-31)36-16-11-32(12-17-36)13-18-37(30(32)39)25-8-6-24(33)7-9-25/h6-10,14,19-20,26H,4-5,11-13,15-18,21H2,1-3H3/t26-/m0/s1. The number of nitrogens with zero attached hydrogens (tertiary/aromatic N) is 5. The summed E-state index contributed by atoms with van der Waals surface area (Å²) in [5.74, 6) is 1.13. The van der Waals surface area contributed by atoms with Crippen molar-refractivity contribution in [1.29, 1.82) is 0 Å². The number of aromatic nitrogens is 2.